The van der Waals surface area contributed by atoms with Crippen molar-refractivity contribution in [3.8, 4) is 17.2 Å². The molecule has 0 radical (unpaired) electrons. The van der Waals surface area contributed by atoms with Gasteiger partial charge in [-0.15, -0.1) is 0 Å². The minimum Gasteiger partial charge on any atom is -0.478 e. The zero-order valence-corrected chi connectivity index (χ0v) is 15.7. The number of ether oxygens (including phenoxy) is 2. The van der Waals surface area contributed by atoms with Gasteiger partial charge in [0.2, 0.25) is 0 Å². The van der Waals surface area contributed by atoms with Crippen molar-refractivity contribution in [2.45, 2.75) is 12.5 Å². The Morgan fingerprint density at radius 3 is 2.33 bits per heavy atom. The fourth-order valence-electron chi connectivity index (χ4n) is 2.50. The van der Waals surface area contributed by atoms with Crippen molar-refractivity contribution in [2.75, 3.05) is 0 Å². The van der Waals surface area contributed by atoms with Crippen LogP contribution in [0, 0.1) is 0 Å². The summed E-state index contributed by atoms with van der Waals surface area (Å²) in [5.41, 5.74) is 0.616. The molecule has 0 unspecified atom stereocenters. The molecule has 27 heavy (non-hydrogen) atoms. The molecule has 1 atom stereocenters. The Morgan fingerprint density at radius 2 is 1.63 bits per heavy atom. The van der Waals surface area contributed by atoms with Crippen molar-refractivity contribution in [1.29, 1.82) is 0 Å². The van der Waals surface area contributed by atoms with Crippen LogP contribution in [0.25, 0.3) is 0 Å². The van der Waals surface area contributed by atoms with Gasteiger partial charge >= 0.3 is 5.97 Å². The Hall–Kier alpha value is -2.69. The molecule has 3 aromatic carbocycles. The van der Waals surface area contributed by atoms with E-state index in [1.165, 1.54) is 0 Å². The van der Waals surface area contributed by atoms with E-state index in [0.29, 0.717) is 32.9 Å². The van der Waals surface area contributed by atoms with Crippen LogP contribution in [0.3, 0.4) is 0 Å². The second-order valence-electron chi connectivity index (χ2n) is 5.75. The summed E-state index contributed by atoms with van der Waals surface area (Å²) in [7, 11) is 0. The second kappa shape index (κ2) is 8.80. The highest BCUT2D eigenvalue weighted by molar-refractivity contribution is 6.32. The van der Waals surface area contributed by atoms with Crippen LogP contribution in [-0.2, 0) is 11.2 Å². The maximum absolute atomic E-state index is 11.7. The number of aliphatic carboxylic acids is 1. The quantitative estimate of drug-likeness (QED) is 0.537. The fraction of sp³-hybridized carbons (Fsp3) is 0.0952. The molecule has 0 saturated heterocycles. The summed E-state index contributed by atoms with van der Waals surface area (Å²) in [6.45, 7) is 0. The minimum atomic E-state index is -1.15. The van der Waals surface area contributed by atoms with Gasteiger partial charge < -0.3 is 14.6 Å². The molecule has 0 amide bonds. The third-order valence-electron chi connectivity index (χ3n) is 3.78. The lowest BCUT2D eigenvalue weighted by molar-refractivity contribution is -0.145. The van der Waals surface area contributed by atoms with Gasteiger partial charge in [0, 0.05) is 17.0 Å². The number of benzene rings is 3. The molecule has 0 fully saturated rings. The van der Waals surface area contributed by atoms with Crippen molar-refractivity contribution < 1.29 is 19.4 Å². The number of carboxylic acids is 1. The molecule has 0 aliphatic rings. The molecule has 3 aromatic rings. The fourth-order valence-corrected chi connectivity index (χ4v) is 2.87. The Labute approximate surface area is 166 Å². The molecule has 0 saturated carbocycles. The summed E-state index contributed by atoms with van der Waals surface area (Å²) < 4.78 is 11.5. The molecule has 4 nitrogen and oxygen atoms in total. The number of rotatable bonds is 7. The second-order valence-corrected chi connectivity index (χ2v) is 6.59. The largest absolute Gasteiger partial charge is 0.478 e. The lowest BCUT2D eigenvalue weighted by atomic mass is 10.1. The number of halogens is 2. The van der Waals surface area contributed by atoms with E-state index >= 15 is 0 Å². The zero-order chi connectivity index (χ0) is 19.2. The van der Waals surface area contributed by atoms with Crippen molar-refractivity contribution in [2.24, 2.45) is 0 Å². The first-order valence-corrected chi connectivity index (χ1v) is 8.94. The summed E-state index contributed by atoms with van der Waals surface area (Å²) in [6.07, 6.45) is -1.09. The highest BCUT2D eigenvalue weighted by Gasteiger charge is 2.23. The molecule has 138 valence electrons. The van der Waals surface area contributed by atoms with Crippen LogP contribution >= 0.6 is 23.2 Å². The van der Waals surface area contributed by atoms with Crippen molar-refractivity contribution in [1.82, 2.24) is 0 Å². The van der Waals surface area contributed by atoms with Gasteiger partial charge in [-0.2, -0.15) is 0 Å². The topological polar surface area (TPSA) is 55.8 Å². The van der Waals surface area contributed by atoms with E-state index in [2.05, 4.69) is 0 Å². The van der Waals surface area contributed by atoms with Crippen LogP contribution in [0.15, 0.2) is 72.8 Å². The van der Waals surface area contributed by atoms with Gasteiger partial charge in [-0.25, -0.2) is 4.79 Å². The lowest BCUT2D eigenvalue weighted by Gasteiger charge is -2.18. The number of carbonyl (C=O) groups is 1. The Bertz CT molecular complexity index is 928. The Morgan fingerprint density at radius 1 is 0.926 bits per heavy atom. The number of hydrogen-bond acceptors (Lipinski definition) is 3. The number of carboxylic acid groups (broad SMARTS) is 1. The molecular weight excluding hydrogens is 387 g/mol. The van der Waals surface area contributed by atoms with Crippen LogP contribution in [0.4, 0.5) is 0 Å². The maximum Gasteiger partial charge on any atom is 0.345 e. The first-order valence-electron chi connectivity index (χ1n) is 8.18. The zero-order valence-electron chi connectivity index (χ0n) is 14.1. The van der Waals surface area contributed by atoms with Gasteiger partial charge in [0.1, 0.15) is 17.2 Å². The van der Waals surface area contributed by atoms with E-state index in [9.17, 15) is 9.90 Å². The SMILES string of the molecule is O=C(O)[C@H](Cc1cc(Cl)ccc1Oc1ccccc1)Oc1ccccc1Cl. The van der Waals surface area contributed by atoms with Gasteiger partial charge in [0.25, 0.3) is 0 Å². The number of hydrogen-bond donors (Lipinski definition) is 1. The van der Waals surface area contributed by atoms with Gasteiger partial charge in [0.15, 0.2) is 6.10 Å². The summed E-state index contributed by atoms with van der Waals surface area (Å²) in [4.78, 5) is 11.7. The molecule has 0 bridgehead atoms. The third-order valence-corrected chi connectivity index (χ3v) is 4.33. The van der Waals surface area contributed by atoms with Crippen molar-refractivity contribution in [3.63, 3.8) is 0 Å². The summed E-state index contributed by atoms with van der Waals surface area (Å²) in [6, 6.07) is 21.0. The normalized spacial score (nSPS) is 11.6. The van der Waals surface area contributed by atoms with Crippen LogP contribution in [-0.4, -0.2) is 17.2 Å². The monoisotopic (exact) mass is 402 g/mol. The first kappa shape index (κ1) is 19.1. The highest BCUT2D eigenvalue weighted by Crippen LogP contribution is 2.30. The Balaban J connectivity index is 1.86. The van der Waals surface area contributed by atoms with Crippen LogP contribution in [0.2, 0.25) is 10.0 Å². The standard InChI is InChI=1S/C21H16Cl2O4/c22-15-10-11-18(26-16-6-2-1-3-7-16)14(12-15)13-20(21(24)25)27-19-9-5-4-8-17(19)23/h1-12,20H,13H2,(H,24,25)/t20-/m0/s1. The molecule has 1 N–H and O–H groups in total. The first-order chi connectivity index (χ1) is 13.0. The van der Waals surface area contributed by atoms with Gasteiger partial charge in [-0.05, 0) is 42.5 Å². The van der Waals surface area contributed by atoms with Crippen LogP contribution in [0.1, 0.15) is 5.56 Å². The summed E-state index contributed by atoms with van der Waals surface area (Å²) in [5, 5.41) is 10.4. The van der Waals surface area contributed by atoms with Crippen LogP contribution in [0.5, 0.6) is 17.2 Å². The van der Waals surface area contributed by atoms with E-state index in [1.54, 1.807) is 42.5 Å². The van der Waals surface area contributed by atoms with Crippen molar-refractivity contribution >= 4 is 29.2 Å². The maximum atomic E-state index is 11.7. The predicted molar refractivity (Wildman–Crippen MR) is 105 cm³/mol. The predicted octanol–water partition coefficient (Wildman–Crippen LogP) is 5.86. The molecule has 6 heteroatoms. The third kappa shape index (κ3) is 5.16. The molecule has 3 rings (SSSR count). The smallest absolute Gasteiger partial charge is 0.345 e. The molecule has 0 heterocycles. The van der Waals surface area contributed by atoms with Gasteiger partial charge in [-0.1, -0.05) is 53.5 Å². The average molecular weight is 403 g/mol. The van der Waals surface area contributed by atoms with Crippen LogP contribution < -0.4 is 9.47 Å². The number of para-hydroxylation sites is 2. The van der Waals surface area contributed by atoms with Crippen molar-refractivity contribution in [3.05, 3.63) is 88.4 Å². The Kier molecular flexibility index (Phi) is 6.22. The van der Waals surface area contributed by atoms with E-state index in [4.69, 9.17) is 32.7 Å². The van der Waals surface area contributed by atoms with E-state index in [0.717, 1.165) is 0 Å². The molecule has 0 aliphatic heterocycles. The van der Waals surface area contributed by atoms with Gasteiger partial charge in [0.05, 0.1) is 5.02 Å². The molecule has 0 aromatic heterocycles. The molecule has 0 spiro atoms. The minimum absolute atomic E-state index is 0.0588. The lowest BCUT2D eigenvalue weighted by Crippen LogP contribution is -2.29. The average Bonchev–Trinajstić information content (AvgIpc) is 2.66. The van der Waals surface area contributed by atoms with Gasteiger partial charge in [-0.3, -0.25) is 0 Å². The highest BCUT2D eigenvalue weighted by atomic mass is 35.5. The van der Waals surface area contributed by atoms with E-state index in [1.807, 2.05) is 30.3 Å². The van der Waals surface area contributed by atoms with E-state index in [-0.39, 0.29) is 6.42 Å². The summed E-state index contributed by atoms with van der Waals surface area (Å²) in [5.74, 6) is 0.347. The molecule has 0 aliphatic carbocycles. The van der Waals surface area contributed by atoms with E-state index < -0.39 is 12.1 Å². The summed E-state index contributed by atoms with van der Waals surface area (Å²) >= 11 is 12.2. The molecular formula is C21H16Cl2O4.